The molecule has 1 aliphatic carbocycles. The van der Waals surface area contributed by atoms with Gasteiger partial charge in [-0.3, -0.25) is 0 Å². The Labute approximate surface area is 97.8 Å². The quantitative estimate of drug-likeness (QED) is 0.554. The molecule has 0 spiro atoms. The van der Waals surface area contributed by atoms with E-state index in [1.807, 2.05) is 13.2 Å². The zero-order chi connectivity index (χ0) is 10.9. The van der Waals surface area contributed by atoms with Crippen molar-refractivity contribution in [3.63, 3.8) is 0 Å². The van der Waals surface area contributed by atoms with Crippen molar-refractivity contribution in [1.29, 1.82) is 0 Å². The zero-order valence-electron chi connectivity index (χ0n) is 9.33. The van der Waals surface area contributed by atoms with Gasteiger partial charge in [0.05, 0.1) is 5.49 Å². The fourth-order valence-corrected chi connectivity index (χ4v) is 1.98. The highest BCUT2D eigenvalue weighted by atomic mass is 32.1. The molecule has 2 nitrogen and oxygen atoms in total. The number of hydrogen-bond donors (Lipinski definition) is 2. The van der Waals surface area contributed by atoms with Crippen LogP contribution in [-0.2, 0) is 0 Å². The monoisotopic (exact) mass is 224 g/mol. The maximum atomic E-state index is 4.72. The molecule has 0 fully saturated rings. The first kappa shape index (κ1) is 12.2. The minimum absolute atomic E-state index is 0.773. The molecule has 0 bridgehead atoms. The van der Waals surface area contributed by atoms with Crippen LogP contribution in [0.4, 0.5) is 0 Å². The van der Waals surface area contributed by atoms with E-state index < -0.39 is 0 Å². The van der Waals surface area contributed by atoms with E-state index in [-0.39, 0.29) is 0 Å². The van der Waals surface area contributed by atoms with E-state index in [1.54, 1.807) is 0 Å². The van der Waals surface area contributed by atoms with Crippen LogP contribution in [0.15, 0.2) is 24.0 Å². The lowest BCUT2D eigenvalue weighted by Gasteiger charge is -2.15. The van der Waals surface area contributed by atoms with Crippen LogP contribution in [0.5, 0.6) is 0 Å². The van der Waals surface area contributed by atoms with Crippen LogP contribution in [0, 0.1) is 5.92 Å². The van der Waals surface area contributed by atoms with Crippen LogP contribution in [0.1, 0.15) is 32.1 Å². The molecule has 1 unspecified atom stereocenters. The lowest BCUT2D eigenvalue weighted by molar-refractivity contribution is 0.472. The molecule has 3 heteroatoms. The summed E-state index contributed by atoms with van der Waals surface area (Å²) in [7, 11) is 1.96. The number of rotatable bonds is 5. The van der Waals surface area contributed by atoms with Crippen LogP contribution in [0.3, 0.4) is 0 Å². The molecule has 0 saturated carbocycles. The molecule has 1 atom stereocenters. The predicted octanol–water partition coefficient (Wildman–Crippen LogP) is 2.73. The Bertz CT molecular complexity index is 246. The van der Waals surface area contributed by atoms with Crippen molar-refractivity contribution in [2.45, 2.75) is 32.1 Å². The van der Waals surface area contributed by atoms with E-state index in [0.29, 0.717) is 0 Å². The Morgan fingerprint density at radius 1 is 1.53 bits per heavy atom. The van der Waals surface area contributed by atoms with Crippen LogP contribution in [0.25, 0.3) is 0 Å². The van der Waals surface area contributed by atoms with Gasteiger partial charge in [0.2, 0.25) is 0 Å². The summed E-state index contributed by atoms with van der Waals surface area (Å²) >= 11 is 4.72. The third kappa shape index (κ3) is 4.98. The van der Waals surface area contributed by atoms with E-state index in [4.69, 9.17) is 12.2 Å². The summed E-state index contributed by atoms with van der Waals surface area (Å²) in [5, 5.41) is 6.16. The zero-order valence-corrected chi connectivity index (χ0v) is 10.1. The fraction of sp³-hybridized carbons (Fsp3) is 0.583. The molecule has 15 heavy (non-hydrogen) atoms. The van der Waals surface area contributed by atoms with Crippen LogP contribution < -0.4 is 10.6 Å². The molecular formula is C12H20N2S. The summed E-state index contributed by atoms with van der Waals surface area (Å²) in [4.78, 5) is 0. The van der Waals surface area contributed by atoms with Gasteiger partial charge in [-0.25, -0.2) is 0 Å². The molecular weight excluding hydrogens is 204 g/mol. The van der Waals surface area contributed by atoms with Crippen molar-refractivity contribution in [2.75, 3.05) is 7.05 Å². The summed E-state index contributed by atoms with van der Waals surface area (Å²) in [5.74, 6) is 0.773. The average molecular weight is 224 g/mol. The van der Waals surface area contributed by atoms with Gasteiger partial charge in [-0.15, -0.1) is 0 Å². The summed E-state index contributed by atoms with van der Waals surface area (Å²) in [6, 6.07) is 0. The third-order valence-electron chi connectivity index (χ3n) is 2.77. The van der Waals surface area contributed by atoms with Crippen molar-refractivity contribution < 1.29 is 0 Å². The van der Waals surface area contributed by atoms with E-state index in [9.17, 15) is 0 Å². The molecule has 0 aliphatic heterocycles. The molecule has 1 rings (SSSR count). The van der Waals surface area contributed by atoms with E-state index >= 15 is 0 Å². The van der Waals surface area contributed by atoms with Gasteiger partial charge >= 0.3 is 0 Å². The van der Waals surface area contributed by atoms with Crippen molar-refractivity contribution >= 4 is 17.7 Å². The Balaban J connectivity index is 2.42. The Morgan fingerprint density at radius 3 is 3.13 bits per heavy atom. The summed E-state index contributed by atoms with van der Waals surface area (Å²) in [5.41, 5.74) is 2.76. The first-order valence-electron chi connectivity index (χ1n) is 5.58. The highest BCUT2D eigenvalue weighted by Gasteiger charge is 2.10. The topological polar surface area (TPSA) is 24.1 Å². The summed E-state index contributed by atoms with van der Waals surface area (Å²) < 4.78 is 0. The molecule has 0 radical (unpaired) electrons. The second kappa shape index (κ2) is 7.46. The summed E-state index contributed by atoms with van der Waals surface area (Å²) in [6.45, 7) is 0. The minimum atomic E-state index is 0.773. The molecule has 0 aromatic carbocycles. The molecule has 0 saturated heterocycles. The molecule has 1 aliphatic rings. The Morgan fingerprint density at radius 2 is 2.40 bits per heavy atom. The average Bonchev–Trinajstić information content (AvgIpc) is 2.52. The largest absolute Gasteiger partial charge is 0.390 e. The second-order valence-electron chi connectivity index (χ2n) is 3.91. The minimum Gasteiger partial charge on any atom is -0.390 e. The lowest BCUT2D eigenvalue weighted by Crippen LogP contribution is -2.14. The summed E-state index contributed by atoms with van der Waals surface area (Å²) in [6.07, 6.45) is 12.8. The number of thiocarbonyl (C=S) groups is 1. The molecule has 0 aromatic rings. The van der Waals surface area contributed by atoms with E-state index in [1.165, 1.54) is 36.9 Å². The highest BCUT2D eigenvalue weighted by Crippen LogP contribution is 2.23. The van der Waals surface area contributed by atoms with Crippen molar-refractivity contribution in [1.82, 2.24) is 10.6 Å². The SMILES string of the molecule is CN/C(=C\NC=S)CC1CC=CCCC1. The van der Waals surface area contributed by atoms with Gasteiger partial charge in [-0.1, -0.05) is 24.4 Å². The van der Waals surface area contributed by atoms with Gasteiger partial charge in [-0.05, 0) is 38.0 Å². The van der Waals surface area contributed by atoms with Gasteiger partial charge in [0, 0.05) is 18.9 Å². The van der Waals surface area contributed by atoms with E-state index in [2.05, 4.69) is 22.8 Å². The smallest absolute Gasteiger partial charge is 0.0654 e. The molecule has 84 valence electrons. The number of hydrogen-bond acceptors (Lipinski definition) is 2. The van der Waals surface area contributed by atoms with Crippen molar-refractivity contribution in [2.24, 2.45) is 5.92 Å². The third-order valence-corrected chi connectivity index (χ3v) is 2.91. The van der Waals surface area contributed by atoms with Crippen LogP contribution >= 0.6 is 12.2 Å². The maximum absolute atomic E-state index is 4.72. The first-order chi connectivity index (χ1) is 7.36. The maximum Gasteiger partial charge on any atom is 0.0654 e. The molecule has 2 N–H and O–H groups in total. The molecule has 0 amide bonds. The predicted molar refractivity (Wildman–Crippen MR) is 69.6 cm³/mol. The second-order valence-corrected chi connectivity index (χ2v) is 4.15. The normalized spacial score (nSPS) is 21.9. The Kier molecular flexibility index (Phi) is 6.09. The highest BCUT2D eigenvalue weighted by molar-refractivity contribution is 7.78. The number of allylic oxidation sites excluding steroid dienone is 3. The van der Waals surface area contributed by atoms with Crippen molar-refractivity contribution in [3.05, 3.63) is 24.0 Å². The van der Waals surface area contributed by atoms with Crippen LogP contribution in [-0.4, -0.2) is 12.5 Å². The fourth-order valence-electron chi connectivity index (χ4n) is 1.91. The first-order valence-corrected chi connectivity index (χ1v) is 6.05. The number of nitrogens with one attached hydrogen (secondary N) is 2. The van der Waals surface area contributed by atoms with Crippen molar-refractivity contribution in [3.8, 4) is 0 Å². The molecule has 0 heterocycles. The van der Waals surface area contributed by atoms with Gasteiger partial charge in [-0.2, -0.15) is 0 Å². The van der Waals surface area contributed by atoms with Gasteiger partial charge in [0.1, 0.15) is 0 Å². The lowest BCUT2D eigenvalue weighted by atomic mass is 9.95. The van der Waals surface area contributed by atoms with Gasteiger partial charge in [0.15, 0.2) is 0 Å². The van der Waals surface area contributed by atoms with Gasteiger partial charge in [0.25, 0.3) is 0 Å². The molecule has 0 aromatic heterocycles. The van der Waals surface area contributed by atoms with Gasteiger partial charge < -0.3 is 10.6 Å². The Hall–Kier alpha value is -0.830. The van der Waals surface area contributed by atoms with E-state index in [0.717, 1.165) is 12.3 Å². The van der Waals surface area contributed by atoms with Crippen LogP contribution in [0.2, 0.25) is 0 Å². The standard InChI is InChI=1S/C12H20N2S/c1-13-12(9-14-10-15)8-11-6-4-2-3-5-7-11/h2,4,9-11,13H,3,5-8H2,1H3,(H,14,15)/b12-9-.